The molecule has 2 amide bonds. The fourth-order valence-electron chi connectivity index (χ4n) is 4.13. The second kappa shape index (κ2) is 10.3. The van der Waals surface area contributed by atoms with Gasteiger partial charge in [0.25, 0.3) is 5.91 Å². The zero-order valence-electron chi connectivity index (χ0n) is 20.0. The van der Waals surface area contributed by atoms with Crippen LogP contribution < -0.4 is 14.4 Å². The Kier molecular flexibility index (Phi) is 7.17. The summed E-state index contributed by atoms with van der Waals surface area (Å²) in [6, 6.07) is 10.6. The molecule has 2 aromatic carbocycles. The summed E-state index contributed by atoms with van der Waals surface area (Å²) in [5, 5.41) is 0. The third kappa shape index (κ3) is 5.22. The van der Waals surface area contributed by atoms with E-state index in [2.05, 4.69) is 11.8 Å². The molecule has 2 aliphatic heterocycles. The molecule has 0 radical (unpaired) electrons. The van der Waals surface area contributed by atoms with Crippen molar-refractivity contribution in [3.05, 3.63) is 53.1 Å². The molecule has 34 heavy (non-hydrogen) atoms. The van der Waals surface area contributed by atoms with Crippen molar-refractivity contribution in [2.45, 2.75) is 20.8 Å². The van der Waals surface area contributed by atoms with Gasteiger partial charge in [0.15, 0.2) is 19.0 Å². The highest BCUT2D eigenvalue weighted by Crippen LogP contribution is 2.33. The average molecular weight is 466 g/mol. The van der Waals surface area contributed by atoms with Crippen LogP contribution in [-0.2, 0) is 9.59 Å². The normalized spacial score (nSPS) is 16.1. The molecule has 0 aliphatic carbocycles. The second-order valence-corrected chi connectivity index (χ2v) is 8.72. The fourth-order valence-corrected chi connectivity index (χ4v) is 4.13. The summed E-state index contributed by atoms with van der Waals surface area (Å²) in [5.41, 5.74) is 3.08. The summed E-state index contributed by atoms with van der Waals surface area (Å²) >= 11 is 0. The number of likely N-dealkylation sites (N-methyl/N-ethyl adjacent to an activating group) is 1. The van der Waals surface area contributed by atoms with Gasteiger partial charge in [-0.05, 0) is 61.9 Å². The molecule has 2 heterocycles. The number of hydrogen-bond donors (Lipinski definition) is 0. The Bertz CT molecular complexity index is 1090. The molecule has 8 nitrogen and oxygen atoms in total. The molecule has 180 valence electrons. The molecule has 2 aromatic rings. The number of aryl methyl sites for hydroxylation is 2. The summed E-state index contributed by atoms with van der Waals surface area (Å²) in [5.74, 6) is 0.481. The number of ketones is 1. The molecule has 4 rings (SSSR count). The molecule has 0 aromatic heterocycles. The van der Waals surface area contributed by atoms with Crippen LogP contribution in [0.1, 0.15) is 28.4 Å². The zero-order chi connectivity index (χ0) is 24.2. The van der Waals surface area contributed by atoms with E-state index in [-0.39, 0.29) is 37.4 Å². The van der Waals surface area contributed by atoms with Gasteiger partial charge in [0.05, 0.1) is 5.69 Å². The molecule has 0 saturated carbocycles. The first-order valence-electron chi connectivity index (χ1n) is 11.7. The molecular formula is C26H31N3O5. The quantitative estimate of drug-likeness (QED) is 0.585. The molecule has 2 aliphatic rings. The van der Waals surface area contributed by atoms with Gasteiger partial charge in [0, 0.05) is 31.7 Å². The summed E-state index contributed by atoms with van der Waals surface area (Å²) in [6.07, 6.45) is 0. The maximum absolute atomic E-state index is 12.9. The van der Waals surface area contributed by atoms with E-state index in [1.807, 2.05) is 32.0 Å². The molecule has 0 spiro atoms. The van der Waals surface area contributed by atoms with Crippen molar-refractivity contribution >= 4 is 23.3 Å². The lowest BCUT2D eigenvalue weighted by Crippen LogP contribution is -2.52. The summed E-state index contributed by atoms with van der Waals surface area (Å²) < 4.78 is 11.2. The maximum atomic E-state index is 12.9. The predicted octanol–water partition coefficient (Wildman–Crippen LogP) is 2.45. The van der Waals surface area contributed by atoms with E-state index < -0.39 is 0 Å². The van der Waals surface area contributed by atoms with Gasteiger partial charge in [-0.2, -0.15) is 0 Å². The highest BCUT2D eigenvalue weighted by atomic mass is 16.5. The van der Waals surface area contributed by atoms with Gasteiger partial charge in [-0.3, -0.25) is 19.3 Å². The van der Waals surface area contributed by atoms with Gasteiger partial charge in [0.2, 0.25) is 5.91 Å². The first-order valence-corrected chi connectivity index (χ1v) is 11.7. The Morgan fingerprint density at radius 1 is 1.00 bits per heavy atom. The molecule has 8 heteroatoms. The number of carbonyl (C=O) groups excluding carboxylic acids is 3. The largest absolute Gasteiger partial charge is 0.485 e. The van der Waals surface area contributed by atoms with Crippen molar-refractivity contribution in [3.63, 3.8) is 0 Å². The highest BCUT2D eigenvalue weighted by Gasteiger charge is 2.30. The van der Waals surface area contributed by atoms with E-state index in [1.54, 1.807) is 23.1 Å². The monoisotopic (exact) mass is 465 g/mol. The van der Waals surface area contributed by atoms with Crippen molar-refractivity contribution in [1.82, 2.24) is 9.80 Å². The Hall–Kier alpha value is -3.39. The van der Waals surface area contributed by atoms with E-state index in [9.17, 15) is 14.4 Å². The van der Waals surface area contributed by atoms with Crippen LogP contribution in [0.2, 0.25) is 0 Å². The number of Topliss-reactive ketones (excluding diaryl/α,β-unsaturated/α-hetero) is 1. The Morgan fingerprint density at radius 2 is 1.76 bits per heavy atom. The number of benzene rings is 2. The number of rotatable bonds is 7. The Balaban J connectivity index is 1.45. The summed E-state index contributed by atoms with van der Waals surface area (Å²) in [6.45, 7) is 9.69. The molecule has 0 unspecified atom stereocenters. The molecule has 1 fully saturated rings. The molecular weight excluding hydrogens is 434 g/mol. The van der Waals surface area contributed by atoms with E-state index in [1.165, 1.54) is 4.90 Å². The Labute approximate surface area is 200 Å². The van der Waals surface area contributed by atoms with Crippen LogP contribution in [0.4, 0.5) is 5.69 Å². The average Bonchev–Trinajstić information content (AvgIpc) is 2.86. The first-order chi connectivity index (χ1) is 16.4. The standard InChI is InChI=1S/C26H31N3O5/c1-4-27-9-11-28(12-10-27)25(31)15-29-22-14-20(6-8-24(22)34-17-26(29)32)23(30)16-33-21-7-5-18(2)19(3)13-21/h5-8,13-14H,4,9-12,15-17H2,1-3H3. The van der Waals surface area contributed by atoms with Gasteiger partial charge in [-0.1, -0.05) is 13.0 Å². The smallest absolute Gasteiger partial charge is 0.265 e. The molecule has 1 saturated heterocycles. The summed E-state index contributed by atoms with van der Waals surface area (Å²) in [4.78, 5) is 43.9. The van der Waals surface area contributed by atoms with Crippen molar-refractivity contribution in [3.8, 4) is 11.5 Å². The first kappa shape index (κ1) is 23.8. The summed E-state index contributed by atoms with van der Waals surface area (Å²) in [7, 11) is 0. The van der Waals surface area contributed by atoms with Crippen molar-refractivity contribution in [2.24, 2.45) is 0 Å². The zero-order valence-corrected chi connectivity index (χ0v) is 20.0. The number of anilines is 1. The minimum atomic E-state index is -0.302. The van der Waals surface area contributed by atoms with Crippen molar-refractivity contribution in [1.29, 1.82) is 0 Å². The lowest BCUT2D eigenvalue weighted by Gasteiger charge is -2.36. The van der Waals surface area contributed by atoms with Crippen LogP contribution in [-0.4, -0.2) is 79.9 Å². The number of amides is 2. The minimum absolute atomic E-state index is 0.0713. The minimum Gasteiger partial charge on any atom is -0.485 e. The van der Waals surface area contributed by atoms with Gasteiger partial charge >= 0.3 is 0 Å². The van der Waals surface area contributed by atoms with Crippen LogP contribution in [0.25, 0.3) is 0 Å². The number of piperazine rings is 1. The van der Waals surface area contributed by atoms with E-state index >= 15 is 0 Å². The van der Waals surface area contributed by atoms with Gasteiger partial charge in [0.1, 0.15) is 18.0 Å². The second-order valence-electron chi connectivity index (χ2n) is 8.72. The molecule has 0 N–H and O–H groups in total. The van der Waals surface area contributed by atoms with E-state index in [4.69, 9.17) is 9.47 Å². The SMILES string of the molecule is CCN1CCN(C(=O)CN2C(=O)COc3ccc(C(=O)COc4ccc(C)c(C)c4)cc32)CC1. The number of fused-ring (bicyclic) bond motifs is 1. The van der Waals surface area contributed by atoms with Crippen LogP contribution >= 0.6 is 0 Å². The number of carbonyl (C=O) groups is 3. The van der Waals surface area contributed by atoms with E-state index in [0.29, 0.717) is 35.8 Å². The van der Waals surface area contributed by atoms with Crippen molar-refractivity contribution in [2.75, 3.05) is 57.4 Å². The molecule has 0 bridgehead atoms. The number of nitrogens with zero attached hydrogens (tertiary/aromatic N) is 3. The maximum Gasteiger partial charge on any atom is 0.265 e. The van der Waals surface area contributed by atoms with E-state index in [0.717, 1.165) is 30.8 Å². The van der Waals surface area contributed by atoms with Gasteiger partial charge in [-0.25, -0.2) is 0 Å². The van der Waals surface area contributed by atoms with Gasteiger partial charge < -0.3 is 19.3 Å². The Morgan fingerprint density at radius 3 is 2.47 bits per heavy atom. The molecule has 0 atom stereocenters. The highest BCUT2D eigenvalue weighted by molar-refractivity contribution is 6.04. The van der Waals surface area contributed by atoms with Crippen molar-refractivity contribution < 1.29 is 23.9 Å². The van der Waals surface area contributed by atoms with Gasteiger partial charge in [-0.15, -0.1) is 0 Å². The van der Waals surface area contributed by atoms with Crippen LogP contribution in [0.3, 0.4) is 0 Å². The lowest BCUT2D eigenvalue weighted by atomic mass is 10.1. The number of ether oxygens (including phenoxy) is 2. The predicted molar refractivity (Wildman–Crippen MR) is 129 cm³/mol. The lowest BCUT2D eigenvalue weighted by molar-refractivity contribution is -0.133. The third-order valence-electron chi connectivity index (χ3n) is 6.54. The van der Waals surface area contributed by atoms with Crippen LogP contribution in [0.5, 0.6) is 11.5 Å². The fraction of sp³-hybridized carbons (Fsp3) is 0.423. The number of hydrogen-bond acceptors (Lipinski definition) is 6. The van der Waals surface area contributed by atoms with Crippen LogP contribution in [0, 0.1) is 13.8 Å². The third-order valence-corrected chi connectivity index (χ3v) is 6.54. The topological polar surface area (TPSA) is 79.4 Å². The van der Waals surface area contributed by atoms with Crippen LogP contribution in [0.15, 0.2) is 36.4 Å².